The smallest absolute Gasteiger partial charge is 0.409 e. The van der Waals surface area contributed by atoms with Crippen LogP contribution in [-0.2, 0) is 17.8 Å². The summed E-state index contributed by atoms with van der Waals surface area (Å²) in [7, 11) is 4.50. The van der Waals surface area contributed by atoms with Crippen molar-refractivity contribution in [1.82, 2.24) is 14.4 Å². The molecule has 30 heavy (non-hydrogen) atoms. The summed E-state index contributed by atoms with van der Waals surface area (Å²) in [4.78, 5) is 28.0. The molecule has 1 saturated heterocycles. The van der Waals surface area contributed by atoms with Gasteiger partial charge in [-0.1, -0.05) is 0 Å². The van der Waals surface area contributed by atoms with Crippen molar-refractivity contribution in [1.29, 1.82) is 0 Å². The fraction of sp³-hybridized carbons (Fsp3) is 0.429. The van der Waals surface area contributed by atoms with E-state index in [9.17, 15) is 14.7 Å². The normalized spacial score (nSPS) is 14.4. The molecule has 0 aliphatic carbocycles. The Morgan fingerprint density at radius 1 is 1.00 bits per heavy atom. The maximum Gasteiger partial charge on any atom is 0.409 e. The molecule has 2 aromatic rings. The van der Waals surface area contributed by atoms with E-state index in [0.717, 1.165) is 5.56 Å². The standard InChI is InChI=1S/C21H27N3O6/c1-28-17-4-5-18(29-2)16(12-17)14-24-7-6-15(19(25)20(24)26)13-22-8-10-23(11-9-22)21(27)30-3/h4-7,12,25H,8-11,13-14H2,1-3H3. The highest BCUT2D eigenvalue weighted by Gasteiger charge is 2.22. The molecule has 0 saturated carbocycles. The topological polar surface area (TPSA) is 93.5 Å². The minimum Gasteiger partial charge on any atom is -0.503 e. The first kappa shape index (κ1) is 21.5. The first-order valence-electron chi connectivity index (χ1n) is 9.64. The van der Waals surface area contributed by atoms with Crippen LogP contribution < -0.4 is 15.0 Å². The van der Waals surface area contributed by atoms with E-state index >= 15 is 0 Å². The predicted molar refractivity (Wildman–Crippen MR) is 110 cm³/mol. The number of amides is 1. The molecule has 3 rings (SSSR count). The van der Waals surface area contributed by atoms with Crippen LogP contribution in [0.4, 0.5) is 4.79 Å². The molecule has 0 bridgehead atoms. The molecule has 9 nitrogen and oxygen atoms in total. The number of methoxy groups -OCH3 is 3. The molecule has 1 amide bonds. The zero-order valence-corrected chi connectivity index (χ0v) is 17.5. The van der Waals surface area contributed by atoms with E-state index in [1.807, 2.05) is 0 Å². The summed E-state index contributed by atoms with van der Waals surface area (Å²) in [6.45, 7) is 3.03. The molecule has 0 spiro atoms. The zero-order valence-electron chi connectivity index (χ0n) is 17.5. The Hall–Kier alpha value is -3.20. The van der Waals surface area contributed by atoms with Gasteiger partial charge in [-0.25, -0.2) is 4.79 Å². The van der Waals surface area contributed by atoms with E-state index in [0.29, 0.717) is 49.8 Å². The van der Waals surface area contributed by atoms with Crippen molar-refractivity contribution in [3.8, 4) is 17.2 Å². The fourth-order valence-electron chi connectivity index (χ4n) is 3.50. The summed E-state index contributed by atoms with van der Waals surface area (Å²) >= 11 is 0. The Balaban J connectivity index is 1.72. The SMILES string of the molecule is COC(=O)N1CCN(Cc2ccn(Cc3cc(OC)ccc3OC)c(=O)c2O)CC1. The van der Waals surface area contributed by atoms with Crippen LogP contribution in [0.5, 0.6) is 17.2 Å². The van der Waals surface area contributed by atoms with Gasteiger partial charge in [-0.3, -0.25) is 9.69 Å². The molecule has 9 heteroatoms. The van der Waals surface area contributed by atoms with Crippen molar-refractivity contribution >= 4 is 6.09 Å². The lowest BCUT2D eigenvalue weighted by Crippen LogP contribution is -2.48. The molecule has 1 aliphatic rings. The summed E-state index contributed by atoms with van der Waals surface area (Å²) < 4.78 is 16.8. The second kappa shape index (κ2) is 9.53. The molecule has 1 aromatic carbocycles. The number of carbonyl (C=O) groups is 1. The molecule has 0 radical (unpaired) electrons. The summed E-state index contributed by atoms with van der Waals surface area (Å²) in [6, 6.07) is 7.11. The molecular formula is C21H27N3O6. The lowest BCUT2D eigenvalue weighted by molar-refractivity contribution is 0.0885. The van der Waals surface area contributed by atoms with E-state index in [4.69, 9.17) is 14.2 Å². The van der Waals surface area contributed by atoms with Gasteiger partial charge in [0.15, 0.2) is 5.75 Å². The summed E-state index contributed by atoms with van der Waals surface area (Å²) in [5, 5.41) is 10.5. The van der Waals surface area contributed by atoms with Crippen molar-refractivity contribution in [2.45, 2.75) is 13.1 Å². The second-order valence-corrected chi connectivity index (χ2v) is 7.03. The largest absolute Gasteiger partial charge is 0.503 e. The van der Waals surface area contributed by atoms with Crippen LogP contribution in [0.2, 0.25) is 0 Å². The summed E-state index contributed by atoms with van der Waals surface area (Å²) in [5.41, 5.74) is 0.857. The molecule has 0 atom stereocenters. The van der Waals surface area contributed by atoms with Gasteiger partial charge in [0.1, 0.15) is 11.5 Å². The van der Waals surface area contributed by atoms with Crippen molar-refractivity contribution in [2.75, 3.05) is 47.5 Å². The number of benzene rings is 1. The van der Waals surface area contributed by atoms with Crippen LogP contribution in [0.15, 0.2) is 35.3 Å². The Morgan fingerprint density at radius 2 is 1.73 bits per heavy atom. The number of hydrogen-bond donors (Lipinski definition) is 1. The number of pyridine rings is 1. The fourth-order valence-corrected chi connectivity index (χ4v) is 3.50. The van der Waals surface area contributed by atoms with E-state index in [-0.39, 0.29) is 18.4 Å². The highest BCUT2D eigenvalue weighted by atomic mass is 16.5. The van der Waals surface area contributed by atoms with Crippen molar-refractivity contribution in [3.63, 3.8) is 0 Å². The molecule has 1 fully saturated rings. The van der Waals surface area contributed by atoms with Crippen molar-refractivity contribution in [3.05, 3.63) is 51.9 Å². The third kappa shape index (κ3) is 4.68. The monoisotopic (exact) mass is 417 g/mol. The Morgan fingerprint density at radius 3 is 2.37 bits per heavy atom. The van der Waals surface area contributed by atoms with Gasteiger partial charge in [0, 0.05) is 50.0 Å². The number of carbonyl (C=O) groups excluding carboxylic acids is 1. The number of ether oxygens (including phenoxy) is 3. The number of aromatic hydroxyl groups is 1. The van der Waals surface area contributed by atoms with Gasteiger partial charge in [0.2, 0.25) is 0 Å². The van der Waals surface area contributed by atoms with Crippen molar-refractivity contribution in [2.24, 2.45) is 0 Å². The third-order valence-electron chi connectivity index (χ3n) is 5.25. The number of nitrogens with zero attached hydrogens (tertiary/aromatic N) is 3. The van der Waals surface area contributed by atoms with Gasteiger partial charge in [0.25, 0.3) is 5.56 Å². The highest BCUT2D eigenvalue weighted by molar-refractivity contribution is 5.67. The first-order valence-corrected chi connectivity index (χ1v) is 9.64. The number of hydrogen-bond acceptors (Lipinski definition) is 7. The van der Waals surface area contributed by atoms with E-state index in [1.54, 1.807) is 49.6 Å². The van der Waals surface area contributed by atoms with E-state index in [1.165, 1.54) is 11.7 Å². The summed E-state index contributed by atoms with van der Waals surface area (Å²) in [6.07, 6.45) is 1.33. The highest BCUT2D eigenvalue weighted by Crippen LogP contribution is 2.25. The number of piperazine rings is 1. The molecular weight excluding hydrogens is 390 g/mol. The van der Waals surface area contributed by atoms with Gasteiger partial charge in [-0.2, -0.15) is 0 Å². The van der Waals surface area contributed by atoms with Gasteiger partial charge >= 0.3 is 6.09 Å². The maximum atomic E-state index is 12.7. The number of rotatable bonds is 6. The van der Waals surface area contributed by atoms with Gasteiger partial charge in [0.05, 0.1) is 27.9 Å². The Labute approximate surface area is 175 Å². The molecule has 1 N–H and O–H groups in total. The van der Waals surface area contributed by atoms with Gasteiger partial charge < -0.3 is 28.8 Å². The Bertz CT molecular complexity index is 950. The summed E-state index contributed by atoms with van der Waals surface area (Å²) in [5.74, 6) is 1.02. The molecule has 0 unspecified atom stereocenters. The quantitative estimate of drug-likeness (QED) is 0.761. The van der Waals surface area contributed by atoms with Crippen LogP contribution in [0, 0.1) is 0 Å². The van der Waals surface area contributed by atoms with Crippen LogP contribution in [0.3, 0.4) is 0 Å². The molecule has 1 aliphatic heterocycles. The Kier molecular flexibility index (Phi) is 6.83. The van der Waals surface area contributed by atoms with Crippen LogP contribution in [-0.4, -0.2) is 73.1 Å². The predicted octanol–water partition coefficient (Wildman–Crippen LogP) is 1.50. The second-order valence-electron chi connectivity index (χ2n) is 7.03. The van der Waals surface area contributed by atoms with Crippen LogP contribution in [0.25, 0.3) is 0 Å². The van der Waals surface area contributed by atoms with E-state index < -0.39 is 5.56 Å². The molecule has 1 aromatic heterocycles. The van der Waals surface area contributed by atoms with Crippen LogP contribution >= 0.6 is 0 Å². The van der Waals surface area contributed by atoms with Gasteiger partial charge in [-0.05, 0) is 24.3 Å². The minimum absolute atomic E-state index is 0.241. The zero-order chi connectivity index (χ0) is 21.7. The van der Waals surface area contributed by atoms with E-state index in [2.05, 4.69) is 4.90 Å². The lowest BCUT2D eigenvalue weighted by atomic mass is 10.1. The third-order valence-corrected chi connectivity index (χ3v) is 5.25. The van der Waals surface area contributed by atoms with Crippen molar-refractivity contribution < 1.29 is 24.1 Å². The minimum atomic E-state index is -0.467. The van der Waals surface area contributed by atoms with Crippen LogP contribution in [0.1, 0.15) is 11.1 Å². The maximum absolute atomic E-state index is 12.7. The number of aromatic nitrogens is 1. The molecule has 162 valence electrons. The van der Waals surface area contributed by atoms with Gasteiger partial charge in [-0.15, -0.1) is 0 Å². The first-order chi connectivity index (χ1) is 14.5. The average molecular weight is 417 g/mol. The lowest BCUT2D eigenvalue weighted by Gasteiger charge is -2.33. The average Bonchev–Trinajstić information content (AvgIpc) is 2.78. The molecule has 2 heterocycles.